The first-order valence-corrected chi connectivity index (χ1v) is 4.68. The van der Waals surface area contributed by atoms with E-state index in [-0.39, 0.29) is 5.97 Å². The summed E-state index contributed by atoms with van der Waals surface area (Å²) in [6, 6.07) is 6.71. The van der Waals surface area contributed by atoms with E-state index in [2.05, 4.69) is 4.74 Å². The second-order valence-electron chi connectivity index (χ2n) is 2.55. The molecule has 0 saturated heterocycles. The van der Waals surface area contributed by atoms with Crippen LogP contribution in [0.15, 0.2) is 24.3 Å². The first kappa shape index (κ1) is 10.9. The van der Waals surface area contributed by atoms with Crippen molar-refractivity contribution in [3.8, 4) is 5.75 Å². The quantitative estimate of drug-likeness (QED) is 0.569. The molecule has 3 nitrogen and oxygen atoms in total. The highest BCUT2D eigenvalue weighted by molar-refractivity contribution is 6.18. The summed E-state index contributed by atoms with van der Waals surface area (Å²) in [5.74, 6) is 0.783. The third-order valence-corrected chi connectivity index (χ3v) is 1.78. The van der Waals surface area contributed by atoms with Gasteiger partial charge >= 0.3 is 5.97 Å². The molecule has 0 N–H and O–H groups in total. The van der Waals surface area contributed by atoms with E-state index >= 15 is 0 Å². The Labute approximate surface area is 87.6 Å². The van der Waals surface area contributed by atoms with Crippen molar-refractivity contribution in [3.05, 3.63) is 29.8 Å². The monoisotopic (exact) mass is 214 g/mol. The van der Waals surface area contributed by atoms with Gasteiger partial charge < -0.3 is 9.47 Å². The number of carbonyl (C=O) groups excluding carboxylic acids is 1. The zero-order valence-electron chi connectivity index (χ0n) is 7.83. The molecule has 0 aliphatic heterocycles. The minimum Gasteiger partial charge on any atom is -0.492 e. The molecular weight excluding hydrogens is 204 g/mol. The van der Waals surface area contributed by atoms with E-state index in [1.165, 1.54) is 7.11 Å². The Hall–Kier alpha value is -1.22. The molecule has 1 aromatic rings. The summed E-state index contributed by atoms with van der Waals surface area (Å²) in [5.41, 5.74) is 0.505. The minimum atomic E-state index is -0.353. The maximum absolute atomic E-state index is 11.1. The highest BCUT2D eigenvalue weighted by atomic mass is 35.5. The highest BCUT2D eigenvalue weighted by Gasteiger charge is 2.03. The standard InChI is InChI=1S/C10H11ClO3/c1-13-10(12)8-2-4-9(5-3-8)14-7-6-11/h2-5H,6-7H2,1H3. The minimum absolute atomic E-state index is 0.353. The molecule has 0 amide bonds. The zero-order chi connectivity index (χ0) is 10.4. The van der Waals surface area contributed by atoms with E-state index in [1.54, 1.807) is 24.3 Å². The fourth-order valence-electron chi connectivity index (χ4n) is 0.962. The van der Waals surface area contributed by atoms with Crippen molar-refractivity contribution in [2.45, 2.75) is 0 Å². The number of ether oxygens (including phenoxy) is 2. The van der Waals surface area contributed by atoms with Gasteiger partial charge in [0, 0.05) is 0 Å². The molecule has 0 saturated carbocycles. The topological polar surface area (TPSA) is 35.5 Å². The molecule has 76 valence electrons. The molecule has 0 aliphatic rings. The van der Waals surface area contributed by atoms with Crippen LogP contribution < -0.4 is 4.74 Å². The van der Waals surface area contributed by atoms with Gasteiger partial charge in [0.2, 0.25) is 0 Å². The van der Waals surface area contributed by atoms with Gasteiger partial charge in [0.05, 0.1) is 18.6 Å². The Morgan fingerprint density at radius 3 is 2.50 bits per heavy atom. The van der Waals surface area contributed by atoms with Crippen LogP contribution in [-0.2, 0) is 4.74 Å². The van der Waals surface area contributed by atoms with Crippen LogP contribution in [0.3, 0.4) is 0 Å². The number of carbonyl (C=O) groups is 1. The van der Waals surface area contributed by atoms with Gasteiger partial charge in [0.25, 0.3) is 0 Å². The molecule has 1 aromatic carbocycles. The molecular formula is C10H11ClO3. The second kappa shape index (κ2) is 5.50. The molecule has 0 spiro atoms. The lowest BCUT2D eigenvalue weighted by atomic mass is 10.2. The average Bonchev–Trinajstić information content (AvgIpc) is 2.26. The molecule has 0 aliphatic carbocycles. The number of hydrogen-bond donors (Lipinski definition) is 0. The van der Waals surface area contributed by atoms with Crippen LogP contribution >= 0.6 is 11.6 Å². The molecule has 0 aromatic heterocycles. The Morgan fingerprint density at radius 2 is 2.00 bits per heavy atom. The predicted molar refractivity (Wildman–Crippen MR) is 54.0 cm³/mol. The van der Waals surface area contributed by atoms with E-state index in [4.69, 9.17) is 16.3 Å². The van der Waals surface area contributed by atoms with E-state index in [0.29, 0.717) is 23.8 Å². The molecule has 0 bridgehead atoms. The van der Waals surface area contributed by atoms with Gasteiger partial charge in [-0.2, -0.15) is 0 Å². The summed E-state index contributed by atoms with van der Waals surface area (Å²) in [6.07, 6.45) is 0. The van der Waals surface area contributed by atoms with Crippen molar-refractivity contribution in [2.75, 3.05) is 19.6 Å². The van der Waals surface area contributed by atoms with Crippen molar-refractivity contribution >= 4 is 17.6 Å². The lowest BCUT2D eigenvalue weighted by molar-refractivity contribution is 0.0600. The number of methoxy groups -OCH3 is 1. The van der Waals surface area contributed by atoms with Crippen LogP contribution in [0.1, 0.15) is 10.4 Å². The Balaban J connectivity index is 2.63. The summed E-state index contributed by atoms with van der Waals surface area (Å²) >= 11 is 5.46. The predicted octanol–water partition coefficient (Wildman–Crippen LogP) is 2.09. The van der Waals surface area contributed by atoms with Crippen LogP contribution in [0, 0.1) is 0 Å². The Bertz CT molecular complexity index is 295. The van der Waals surface area contributed by atoms with Crippen molar-refractivity contribution in [2.24, 2.45) is 0 Å². The number of halogens is 1. The van der Waals surface area contributed by atoms with Crippen molar-refractivity contribution < 1.29 is 14.3 Å². The van der Waals surface area contributed by atoms with Gasteiger partial charge in [-0.15, -0.1) is 11.6 Å². The average molecular weight is 215 g/mol. The smallest absolute Gasteiger partial charge is 0.337 e. The summed E-state index contributed by atoms with van der Waals surface area (Å²) < 4.78 is 9.80. The van der Waals surface area contributed by atoms with E-state index in [9.17, 15) is 4.79 Å². The van der Waals surface area contributed by atoms with Crippen molar-refractivity contribution in [1.82, 2.24) is 0 Å². The molecule has 1 rings (SSSR count). The Kier molecular flexibility index (Phi) is 4.26. The molecule has 0 radical (unpaired) electrons. The number of hydrogen-bond acceptors (Lipinski definition) is 3. The number of rotatable bonds is 4. The second-order valence-corrected chi connectivity index (χ2v) is 2.93. The van der Waals surface area contributed by atoms with Gasteiger partial charge in [-0.1, -0.05) is 0 Å². The zero-order valence-corrected chi connectivity index (χ0v) is 8.58. The third kappa shape index (κ3) is 2.92. The molecule has 0 atom stereocenters. The van der Waals surface area contributed by atoms with Gasteiger partial charge in [-0.3, -0.25) is 0 Å². The van der Waals surface area contributed by atoms with Crippen LogP contribution in [0.5, 0.6) is 5.75 Å². The van der Waals surface area contributed by atoms with E-state index in [1.807, 2.05) is 0 Å². The molecule has 4 heteroatoms. The molecule has 0 fully saturated rings. The number of benzene rings is 1. The largest absolute Gasteiger partial charge is 0.492 e. The van der Waals surface area contributed by atoms with Gasteiger partial charge in [0.1, 0.15) is 12.4 Å². The lowest BCUT2D eigenvalue weighted by Gasteiger charge is -2.04. The maximum atomic E-state index is 11.1. The summed E-state index contributed by atoms with van der Waals surface area (Å²) in [4.78, 5) is 11.1. The van der Waals surface area contributed by atoms with E-state index < -0.39 is 0 Å². The number of esters is 1. The van der Waals surface area contributed by atoms with Gasteiger partial charge in [0.15, 0.2) is 0 Å². The summed E-state index contributed by atoms with van der Waals surface area (Å²) in [7, 11) is 1.35. The fraction of sp³-hybridized carbons (Fsp3) is 0.300. The SMILES string of the molecule is COC(=O)c1ccc(OCCCl)cc1. The summed E-state index contributed by atoms with van der Waals surface area (Å²) in [5, 5.41) is 0. The molecule has 0 unspecified atom stereocenters. The van der Waals surface area contributed by atoms with Crippen LogP contribution in [0.4, 0.5) is 0 Å². The van der Waals surface area contributed by atoms with Crippen LogP contribution in [0.25, 0.3) is 0 Å². The van der Waals surface area contributed by atoms with Crippen molar-refractivity contribution in [3.63, 3.8) is 0 Å². The normalized spacial score (nSPS) is 9.57. The molecule has 0 heterocycles. The van der Waals surface area contributed by atoms with Crippen LogP contribution in [-0.4, -0.2) is 25.6 Å². The van der Waals surface area contributed by atoms with Gasteiger partial charge in [-0.25, -0.2) is 4.79 Å². The number of alkyl halides is 1. The first-order valence-electron chi connectivity index (χ1n) is 4.15. The third-order valence-electron chi connectivity index (χ3n) is 1.62. The first-order chi connectivity index (χ1) is 6.77. The maximum Gasteiger partial charge on any atom is 0.337 e. The van der Waals surface area contributed by atoms with Crippen LogP contribution in [0.2, 0.25) is 0 Å². The molecule has 14 heavy (non-hydrogen) atoms. The highest BCUT2D eigenvalue weighted by Crippen LogP contribution is 2.12. The van der Waals surface area contributed by atoms with E-state index in [0.717, 1.165) is 0 Å². The Morgan fingerprint density at radius 1 is 1.36 bits per heavy atom. The summed E-state index contributed by atoms with van der Waals surface area (Å²) in [6.45, 7) is 0.457. The lowest BCUT2D eigenvalue weighted by Crippen LogP contribution is -2.02. The fourth-order valence-corrected chi connectivity index (χ4v) is 1.04. The van der Waals surface area contributed by atoms with Crippen molar-refractivity contribution in [1.29, 1.82) is 0 Å². The van der Waals surface area contributed by atoms with Gasteiger partial charge in [-0.05, 0) is 24.3 Å².